The predicted octanol–water partition coefficient (Wildman–Crippen LogP) is 3.43. The predicted molar refractivity (Wildman–Crippen MR) is 117 cm³/mol. The second-order valence-electron chi connectivity index (χ2n) is 7.98. The summed E-state index contributed by atoms with van der Waals surface area (Å²) in [6.07, 6.45) is 4.66. The Morgan fingerprint density at radius 1 is 0.900 bits per heavy atom. The van der Waals surface area contributed by atoms with E-state index in [9.17, 15) is 0 Å². The number of para-hydroxylation sites is 1. The summed E-state index contributed by atoms with van der Waals surface area (Å²) in [6.45, 7) is 1.70. The highest BCUT2D eigenvalue weighted by atomic mass is 16.5. The molecule has 7 nitrogen and oxygen atoms in total. The number of hydrogen-bond donors (Lipinski definition) is 1. The fourth-order valence-corrected chi connectivity index (χ4v) is 4.44. The van der Waals surface area contributed by atoms with Gasteiger partial charge in [0, 0.05) is 24.3 Å². The van der Waals surface area contributed by atoms with Crippen molar-refractivity contribution in [1.82, 2.24) is 19.7 Å². The van der Waals surface area contributed by atoms with Gasteiger partial charge in [0.05, 0.1) is 29.5 Å². The lowest BCUT2D eigenvalue weighted by Gasteiger charge is -2.33. The Hall–Kier alpha value is -3.45. The first-order chi connectivity index (χ1) is 14.7. The number of nitrogen functional groups attached to an aromatic ring is 1. The first-order valence-corrected chi connectivity index (χ1v) is 10.3. The van der Waals surface area contributed by atoms with Crippen LogP contribution in [0.1, 0.15) is 12.8 Å². The molecular formula is C23H22N6O. The lowest BCUT2D eigenvalue weighted by molar-refractivity contribution is 0.0303. The van der Waals surface area contributed by atoms with Crippen LogP contribution in [0.4, 0.5) is 11.5 Å². The second-order valence-corrected chi connectivity index (χ2v) is 7.98. The van der Waals surface area contributed by atoms with Gasteiger partial charge in [-0.2, -0.15) is 5.10 Å². The molecule has 2 aliphatic rings. The van der Waals surface area contributed by atoms with E-state index in [0.29, 0.717) is 5.82 Å². The van der Waals surface area contributed by atoms with Crippen molar-refractivity contribution >= 4 is 22.5 Å². The average Bonchev–Trinajstić information content (AvgIpc) is 3.36. The molecule has 7 heteroatoms. The average molecular weight is 398 g/mol. The Bertz CT molecular complexity index is 1190. The molecule has 2 bridgehead atoms. The maximum Gasteiger partial charge on any atom is 0.169 e. The summed E-state index contributed by atoms with van der Waals surface area (Å²) < 4.78 is 7.93. The lowest BCUT2D eigenvalue weighted by Crippen LogP contribution is -2.43. The first-order valence-electron chi connectivity index (χ1n) is 10.3. The van der Waals surface area contributed by atoms with Gasteiger partial charge < -0.3 is 15.4 Å². The molecule has 6 rings (SSSR count). The molecular weight excluding hydrogens is 376 g/mol. The van der Waals surface area contributed by atoms with Crippen LogP contribution in [0.5, 0.6) is 0 Å². The van der Waals surface area contributed by atoms with Crippen LogP contribution in [0.25, 0.3) is 28.1 Å². The van der Waals surface area contributed by atoms with Crippen molar-refractivity contribution in [2.75, 3.05) is 23.7 Å². The highest BCUT2D eigenvalue weighted by molar-refractivity contribution is 5.89. The third-order valence-electron chi connectivity index (χ3n) is 5.92. The zero-order valence-corrected chi connectivity index (χ0v) is 16.5. The Morgan fingerprint density at radius 3 is 2.37 bits per heavy atom. The van der Waals surface area contributed by atoms with Gasteiger partial charge >= 0.3 is 0 Å². The second kappa shape index (κ2) is 6.81. The van der Waals surface area contributed by atoms with E-state index in [-0.39, 0.29) is 12.2 Å². The van der Waals surface area contributed by atoms with E-state index in [1.807, 2.05) is 65.5 Å². The summed E-state index contributed by atoms with van der Waals surface area (Å²) in [7, 11) is 0. The number of nitrogens with zero attached hydrogens (tertiary/aromatic N) is 5. The number of morpholine rings is 1. The Balaban J connectivity index is 1.54. The summed E-state index contributed by atoms with van der Waals surface area (Å²) in [4.78, 5) is 12.2. The number of nitrogens with two attached hydrogens (primary N) is 1. The molecule has 0 radical (unpaired) electrons. The van der Waals surface area contributed by atoms with E-state index in [4.69, 9.17) is 20.4 Å². The van der Waals surface area contributed by atoms with Crippen LogP contribution in [0, 0.1) is 0 Å². The van der Waals surface area contributed by atoms with Gasteiger partial charge in [0.15, 0.2) is 11.5 Å². The summed E-state index contributed by atoms with van der Waals surface area (Å²) in [6, 6.07) is 17.8. The van der Waals surface area contributed by atoms with Crippen molar-refractivity contribution in [2.45, 2.75) is 25.0 Å². The molecule has 2 saturated heterocycles. The Morgan fingerprint density at radius 2 is 1.63 bits per heavy atom. The van der Waals surface area contributed by atoms with Crippen LogP contribution >= 0.6 is 0 Å². The van der Waals surface area contributed by atoms with Crippen molar-refractivity contribution in [2.24, 2.45) is 0 Å². The highest BCUT2D eigenvalue weighted by Crippen LogP contribution is 2.34. The van der Waals surface area contributed by atoms with Crippen LogP contribution < -0.4 is 10.6 Å². The molecule has 2 fully saturated rings. The number of ether oxygens (including phenoxy) is 1. The molecule has 0 saturated carbocycles. The summed E-state index contributed by atoms with van der Waals surface area (Å²) in [5, 5.41) is 5.62. The largest absolute Gasteiger partial charge is 0.399 e. The van der Waals surface area contributed by atoms with Gasteiger partial charge in [0.2, 0.25) is 0 Å². The minimum absolute atomic E-state index is 0.276. The van der Waals surface area contributed by atoms with E-state index in [1.165, 1.54) is 0 Å². The number of benzene rings is 2. The smallest absolute Gasteiger partial charge is 0.169 e. The summed E-state index contributed by atoms with van der Waals surface area (Å²) >= 11 is 0. The van der Waals surface area contributed by atoms with Crippen LogP contribution in [0.3, 0.4) is 0 Å². The summed E-state index contributed by atoms with van der Waals surface area (Å²) in [5.74, 6) is 1.60. The molecule has 2 atom stereocenters. The number of rotatable bonds is 3. The van der Waals surface area contributed by atoms with E-state index >= 15 is 0 Å². The highest BCUT2D eigenvalue weighted by Gasteiger charge is 2.35. The van der Waals surface area contributed by atoms with Gasteiger partial charge in [-0.3, -0.25) is 0 Å². The quantitative estimate of drug-likeness (QED) is 0.533. The van der Waals surface area contributed by atoms with Gasteiger partial charge in [-0.05, 0) is 49.2 Å². The minimum Gasteiger partial charge on any atom is -0.399 e. The van der Waals surface area contributed by atoms with Gasteiger partial charge in [0.1, 0.15) is 5.82 Å². The fourth-order valence-electron chi connectivity index (χ4n) is 4.44. The number of anilines is 2. The zero-order chi connectivity index (χ0) is 20.1. The molecule has 150 valence electrons. The van der Waals surface area contributed by atoms with Crippen molar-refractivity contribution < 1.29 is 4.74 Å². The van der Waals surface area contributed by atoms with Crippen LogP contribution in [-0.2, 0) is 4.74 Å². The normalized spacial score (nSPS) is 20.7. The number of aromatic nitrogens is 4. The molecule has 2 aromatic carbocycles. The van der Waals surface area contributed by atoms with Gasteiger partial charge in [-0.15, -0.1) is 0 Å². The molecule has 2 unspecified atom stereocenters. The van der Waals surface area contributed by atoms with Gasteiger partial charge in [-0.25, -0.2) is 14.6 Å². The van der Waals surface area contributed by atoms with Crippen molar-refractivity contribution in [1.29, 1.82) is 0 Å². The SMILES string of the molecule is Nc1ccc(-c2nc(N3CC4CCC(C3)O4)c3cnn(-c4ccccc4)c3n2)cc1. The third-order valence-corrected chi connectivity index (χ3v) is 5.92. The third kappa shape index (κ3) is 2.90. The molecule has 0 aliphatic carbocycles. The van der Waals surface area contributed by atoms with Crippen LogP contribution in [0.15, 0.2) is 60.8 Å². The van der Waals surface area contributed by atoms with Crippen molar-refractivity contribution in [3.05, 3.63) is 60.8 Å². The molecule has 4 heterocycles. The standard InChI is InChI=1S/C23H22N6O/c24-16-8-6-15(7-9-16)21-26-22(28-13-18-10-11-19(14-28)30-18)20-12-25-29(23(20)27-21)17-4-2-1-3-5-17/h1-9,12,18-19H,10-11,13-14,24H2. The molecule has 2 aromatic heterocycles. The zero-order valence-electron chi connectivity index (χ0n) is 16.5. The Kier molecular flexibility index (Phi) is 3.95. The lowest BCUT2D eigenvalue weighted by atomic mass is 10.2. The summed E-state index contributed by atoms with van der Waals surface area (Å²) in [5.41, 5.74) is 9.32. The van der Waals surface area contributed by atoms with Gasteiger partial charge in [0.25, 0.3) is 0 Å². The molecule has 30 heavy (non-hydrogen) atoms. The van der Waals surface area contributed by atoms with Crippen molar-refractivity contribution in [3.8, 4) is 17.1 Å². The molecule has 0 amide bonds. The fraction of sp³-hybridized carbons (Fsp3) is 0.261. The van der Waals surface area contributed by atoms with Crippen LogP contribution in [0.2, 0.25) is 0 Å². The monoisotopic (exact) mass is 398 g/mol. The molecule has 4 aromatic rings. The first kappa shape index (κ1) is 17.4. The molecule has 2 N–H and O–H groups in total. The van der Waals surface area contributed by atoms with Crippen LogP contribution in [-0.4, -0.2) is 45.0 Å². The van der Waals surface area contributed by atoms with E-state index < -0.39 is 0 Å². The Labute approximate surface area is 174 Å². The van der Waals surface area contributed by atoms with E-state index in [1.54, 1.807) is 0 Å². The topological polar surface area (TPSA) is 82.1 Å². The van der Waals surface area contributed by atoms with Gasteiger partial charge in [-0.1, -0.05) is 18.2 Å². The molecule has 0 spiro atoms. The van der Waals surface area contributed by atoms with E-state index in [0.717, 1.165) is 59.7 Å². The minimum atomic E-state index is 0.276. The number of hydrogen-bond acceptors (Lipinski definition) is 6. The van der Waals surface area contributed by atoms with E-state index in [2.05, 4.69) is 10.00 Å². The number of fused-ring (bicyclic) bond motifs is 3. The van der Waals surface area contributed by atoms with Crippen molar-refractivity contribution in [3.63, 3.8) is 0 Å². The maximum atomic E-state index is 6.04. The molecule has 2 aliphatic heterocycles. The maximum absolute atomic E-state index is 6.04.